The van der Waals surface area contributed by atoms with Crippen LogP contribution in [0.15, 0.2) is 36.7 Å². The van der Waals surface area contributed by atoms with E-state index in [4.69, 9.17) is 10.5 Å². The van der Waals surface area contributed by atoms with Crippen molar-refractivity contribution < 1.29 is 18.9 Å². The molecule has 32 heavy (non-hydrogen) atoms. The summed E-state index contributed by atoms with van der Waals surface area (Å²) in [6.07, 6.45) is 5.53. The molecule has 2 atom stereocenters. The van der Waals surface area contributed by atoms with E-state index in [1.165, 1.54) is 0 Å². The molecule has 0 amide bonds. The van der Waals surface area contributed by atoms with Crippen LogP contribution in [0.5, 0.6) is 0 Å². The summed E-state index contributed by atoms with van der Waals surface area (Å²) in [6.45, 7) is 8.42. The van der Waals surface area contributed by atoms with Crippen molar-refractivity contribution in [2.75, 3.05) is 0 Å². The molecule has 0 spiro atoms. The fourth-order valence-corrected chi connectivity index (χ4v) is 4.52. The number of aromatic nitrogens is 3. The first-order valence-corrected chi connectivity index (χ1v) is 11.2. The Bertz CT molecular complexity index is 1180. The topological polar surface area (TPSA) is 83.1 Å². The predicted molar refractivity (Wildman–Crippen MR) is 122 cm³/mol. The summed E-state index contributed by atoms with van der Waals surface area (Å²) in [5.74, 6) is 0.650. The molecule has 170 valence electrons. The molecule has 1 aromatic carbocycles. The smallest absolute Gasteiger partial charge is 0.326 e. The van der Waals surface area contributed by atoms with E-state index in [0.717, 1.165) is 40.8 Å². The third kappa shape index (κ3) is 3.86. The monoisotopic (exact) mass is 437 g/mol. The fraction of sp³-hybridized carbons (Fsp3) is 0.480. The number of nitrogens with two attached hydrogens (primary N) is 1. The van der Waals surface area contributed by atoms with Crippen LogP contribution in [0.25, 0.3) is 10.9 Å². The first-order valence-electron chi connectivity index (χ1n) is 11.2. The maximum absolute atomic E-state index is 13.4. The highest BCUT2D eigenvalue weighted by Gasteiger charge is 2.34. The molecule has 7 nitrogen and oxygen atoms in total. The molecular weight excluding hydrogens is 404 g/mol. The average molecular weight is 438 g/mol. The fourth-order valence-electron chi connectivity index (χ4n) is 4.52. The number of Topliss-reactive ketones (excluding diaryl/α,β-unsaturated/α-hetero) is 1. The summed E-state index contributed by atoms with van der Waals surface area (Å²) in [7, 11) is 2.04. The van der Waals surface area contributed by atoms with E-state index in [9.17, 15) is 9.59 Å². The molecule has 1 aliphatic carbocycles. The van der Waals surface area contributed by atoms with Gasteiger partial charge in [0, 0.05) is 36.1 Å². The van der Waals surface area contributed by atoms with Gasteiger partial charge in [-0.3, -0.25) is 9.59 Å². The molecule has 2 heterocycles. The number of rotatable bonds is 5. The number of benzene rings is 1. The maximum atomic E-state index is 13.4. The normalized spacial score (nSPS) is 17.4. The van der Waals surface area contributed by atoms with E-state index in [2.05, 4.69) is 15.2 Å². The summed E-state index contributed by atoms with van der Waals surface area (Å²) < 4.78 is 11.5. The number of imidazole rings is 1. The zero-order chi connectivity index (χ0) is 23.2. The van der Waals surface area contributed by atoms with Crippen LogP contribution in [0.2, 0.25) is 0 Å². The van der Waals surface area contributed by atoms with Crippen molar-refractivity contribution >= 4 is 22.7 Å². The van der Waals surface area contributed by atoms with Crippen LogP contribution < -0.4 is 10.3 Å². The van der Waals surface area contributed by atoms with E-state index in [0.29, 0.717) is 6.54 Å². The minimum atomic E-state index is -0.680. The Hall–Kier alpha value is -2.93. The minimum absolute atomic E-state index is 0.0790. The van der Waals surface area contributed by atoms with Gasteiger partial charge in [0.2, 0.25) is 6.73 Å². The Labute approximate surface area is 188 Å². The number of para-hydroxylation sites is 1. The van der Waals surface area contributed by atoms with Gasteiger partial charge in [-0.25, -0.2) is 4.57 Å². The summed E-state index contributed by atoms with van der Waals surface area (Å²) in [5, 5.41) is 1.04. The second-order valence-electron chi connectivity index (χ2n) is 9.90. The third-order valence-electron chi connectivity index (χ3n) is 6.78. The quantitative estimate of drug-likeness (QED) is 0.491. The van der Waals surface area contributed by atoms with Gasteiger partial charge in [0.25, 0.3) is 5.82 Å². The van der Waals surface area contributed by atoms with Gasteiger partial charge in [-0.2, -0.15) is 4.57 Å². The van der Waals surface area contributed by atoms with Crippen LogP contribution in [-0.2, 0) is 36.3 Å². The number of esters is 1. The van der Waals surface area contributed by atoms with Gasteiger partial charge in [0.1, 0.15) is 25.0 Å². The van der Waals surface area contributed by atoms with Crippen molar-refractivity contribution in [3.63, 3.8) is 0 Å². The SMILES string of the molecule is Cc1n(CC2CCc3c(c4ccccc4n3C)C2=O)cc[n+]1COC(=O)[C@@H](N)C(C)(C)C. The molecule has 2 N–H and O–H groups in total. The van der Waals surface area contributed by atoms with Crippen LogP contribution in [0.3, 0.4) is 0 Å². The van der Waals surface area contributed by atoms with Crippen LogP contribution >= 0.6 is 0 Å². The Kier molecular flexibility index (Phi) is 5.71. The predicted octanol–water partition coefficient (Wildman–Crippen LogP) is 2.90. The molecule has 3 aromatic rings. The van der Waals surface area contributed by atoms with E-state index >= 15 is 0 Å². The second-order valence-corrected chi connectivity index (χ2v) is 9.90. The van der Waals surface area contributed by atoms with Crippen molar-refractivity contribution in [2.45, 2.75) is 59.9 Å². The Balaban J connectivity index is 1.48. The number of carbonyl (C=O) groups excluding carboxylic acids is 2. The highest BCUT2D eigenvalue weighted by Crippen LogP contribution is 2.34. The third-order valence-corrected chi connectivity index (χ3v) is 6.78. The first kappa shape index (κ1) is 22.3. The number of fused-ring (bicyclic) bond motifs is 3. The van der Waals surface area contributed by atoms with Gasteiger partial charge >= 0.3 is 5.97 Å². The number of nitrogens with zero attached hydrogens (tertiary/aromatic N) is 3. The number of hydrogen-bond donors (Lipinski definition) is 1. The van der Waals surface area contributed by atoms with Gasteiger partial charge < -0.3 is 15.0 Å². The van der Waals surface area contributed by atoms with Gasteiger partial charge in [0.05, 0.1) is 5.92 Å². The van der Waals surface area contributed by atoms with E-state index in [1.54, 1.807) is 0 Å². The average Bonchev–Trinajstić information content (AvgIpc) is 3.25. The lowest BCUT2D eigenvalue weighted by atomic mass is 9.85. The van der Waals surface area contributed by atoms with Gasteiger partial charge in [-0.15, -0.1) is 0 Å². The number of aryl methyl sites for hydroxylation is 1. The summed E-state index contributed by atoms with van der Waals surface area (Å²) in [4.78, 5) is 25.7. The molecular formula is C25H33N4O3+. The number of ketones is 1. The summed E-state index contributed by atoms with van der Waals surface area (Å²) in [6, 6.07) is 7.44. The van der Waals surface area contributed by atoms with Crippen molar-refractivity contribution in [3.05, 3.63) is 53.7 Å². The highest BCUT2D eigenvalue weighted by molar-refractivity contribution is 6.11. The van der Waals surface area contributed by atoms with Crippen molar-refractivity contribution in [3.8, 4) is 0 Å². The first-order chi connectivity index (χ1) is 15.1. The van der Waals surface area contributed by atoms with E-state index < -0.39 is 12.0 Å². The highest BCUT2D eigenvalue weighted by atomic mass is 16.5. The van der Waals surface area contributed by atoms with E-state index in [-0.39, 0.29) is 23.8 Å². The molecule has 1 aliphatic rings. The zero-order valence-electron chi connectivity index (χ0n) is 19.6. The summed E-state index contributed by atoms with van der Waals surface area (Å²) in [5.41, 5.74) is 8.75. The second kappa shape index (κ2) is 8.20. The number of hydrogen-bond acceptors (Lipinski definition) is 4. The van der Waals surface area contributed by atoms with Crippen LogP contribution in [0, 0.1) is 18.3 Å². The molecule has 7 heteroatoms. The maximum Gasteiger partial charge on any atom is 0.326 e. The molecule has 1 unspecified atom stereocenters. The number of carbonyl (C=O) groups is 2. The number of ether oxygens (including phenoxy) is 1. The van der Waals surface area contributed by atoms with Gasteiger partial charge in [-0.05, 0) is 24.3 Å². The molecule has 2 aromatic heterocycles. The summed E-state index contributed by atoms with van der Waals surface area (Å²) >= 11 is 0. The molecule has 0 aliphatic heterocycles. The molecule has 0 bridgehead atoms. The van der Waals surface area contributed by atoms with Gasteiger partial charge in [-0.1, -0.05) is 39.0 Å². The van der Waals surface area contributed by atoms with Gasteiger partial charge in [0.15, 0.2) is 5.78 Å². The van der Waals surface area contributed by atoms with Crippen molar-refractivity contribution in [1.29, 1.82) is 0 Å². The van der Waals surface area contributed by atoms with Crippen molar-refractivity contribution in [1.82, 2.24) is 9.13 Å². The molecule has 0 radical (unpaired) electrons. The van der Waals surface area contributed by atoms with Crippen LogP contribution in [0.4, 0.5) is 0 Å². The van der Waals surface area contributed by atoms with Crippen molar-refractivity contribution in [2.24, 2.45) is 24.1 Å². The Morgan fingerprint density at radius 1 is 1.31 bits per heavy atom. The zero-order valence-corrected chi connectivity index (χ0v) is 19.6. The van der Waals surface area contributed by atoms with E-state index in [1.807, 2.05) is 69.9 Å². The lowest BCUT2D eigenvalue weighted by Crippen LogP contribution is -2.46. The molecule has 0 saturated heterocycles. The molecule has 0 saturated carbocycles. The lowest BCUT2D eigenvalue weighted by molar-refractivity contribution is -0.732. The Morgan fingerprint density at radius 2 is 2.03 bits per heavy atom. The van der Waals surface area contributed by atoms with Crippen LogP contribution in [-0.4, -0.2) is 26.9 Å². The molecule has 0 fully saturated rings. The minimum Gasteiger partial charge on any atom is -0.423 e. The Morgan fingerprint density at radius 3 is 2.75 bits per heavy atom. The lowest BCUT2D eigenvalue weighted by Gasteiger charge is -2.24. The molecule has 4 rings (SSSR count). The standard InChI is InChI=1S/C25H33N4O3/c1-16-28(12-13-29(16)15-32-24(31)23(26)25(2,3)4)14-17-10-11-20-21(22(17)30)18-8-6-7-9-19(18)27(20)5/h6-9,12-13,17,23H,10-11,14-15,26H2,1-5H3/q+1/t17?,23-/m1/s1. The van der Waals surface area contributed by atoms with Crippen LogP contribution in [0.1, 0.15) is 49.1 Å². The largest absolute Gasteiger partial charge is 0.423 e.